The summed E-state index contributed by atoms with van der Waals surface area (Å²) in [6.45, 7) is 6.76. The van der Waals surface area contributed by atoms with Crippen LogP contribution in [0.5, 0.6) is 5.75 Å². The zero-order valence-corrected chi connectivity index (χ0v) is 12.3. The van der Waals surface area contributed by atoms with E-state index in [4.69, 9.17) is 4.74 Å². The molecule has 5 heteroatoms. The van der Waals surface area contributed by atoms with Crippen LogP contribution in [0.2, 0.25) is 0 Å². The predicted octanol–water partition coefficient (Wildman–Crippen LogP) is 3.28. The van der Waals surface area contributed by atoms with Gasteiger partial charge in [-0.05, 0) is 32.9 Å². The Morgan fingerprint density at radius 3 is 2.60 bits per heavy atom. The number of nitrogens with one attached hydrogen (secondary N) is 2. The van der Waals surface area contributed by atoms with Gasteiger partial charge >= 0.3 is 0 Å². The van der Waals surface area contributed by atoms with Crippen LogP contribution in [0.4, 0.5) is 17.3 Å². The molecule has 1 heterocycles. The zero-order valence-electron chi connectivity index (χ0n) is 12.3. The molecule has 2 aromatic rings. The number of hydrogen-bond donors (Lipinski definition) is 2. The SMILES string of the molecule is CCNc1nc(C)nc(Nc2cccc(OC)c2)c1C. The van der Waals surface area contributed by atoms with Gasteiger partial charge in [-0.3, -0.25) is 0 Å². The number of nitrogens with zero attached hydrogens (tertiary/aromatic N) is 2. The second kappa shape index (κ2) is 6.23. The third-order valence-electron chi connectivity index (χ3n) is 2.93. The molecule has 0 aliphatic carbocycles. The molecular weight excluding hydrogens is 252 g/mol. The van der Waals surface area contributed by atoms with E-state index in [1.54, 1.807) is 7.11 Å². The molecule has 0 amide bonds. The highest BCUT2D eigenvalue weighted by atomic mass is 16.5. The second-order valence-electron chi connectivity index (χ2n) is 4.48. The van der Waals surface area contributed by atoms with E-state index in [9.17, 15) is 0 Å². The molecule has 0 aliphatic rings. The Morgan fingerprint density at radius 1 is 1.15 bits per heavy atom. The molecule has 0 unspecified atom stereocenters. The first-order chi connectivity index (χ1) is 9.63. The Bertz CT molecular complexity index is 598. The van der Waals surface area contributed by atoms with Crippen LogP contribution in [-0.4, -0.2) is 23.6 Å². The topological polar surface area (TPSA) is 59.1 Å². The predicted molar refractivity (Wildman–Crippen MR) is 81.9 cm³/mol. The van der Waals surface area contributed by atoms with E-state index in [2.05, 4.69) is 20.6 Å². The highest BCUT2D eigenvalue weighted by Gasteiger charge is 2.09. The number of anilines is 3. The molecule has 2 rings (SSSR count). The van der Waals surface area contributed by atoms with Gasteiger partial charge in [0, 0.05) is 23.9 Å². The van der Waals surface area contributed by atoms with Crippen LogP contribution in [0.3, 0.4) is 0 Å². The van der Waals surface area contributed by atoms with E-state index >= 15 is 0 Å². The van der Waals surface area contributed by atoms with Crippen molar-refractivity contribution in [2.75, 3.05) is 24.3 Å². The first kappa shape index (κ1) is 14.1. The molecule has 0 atom stereocenters. The molecule has 5 nitrogen and oxygen atoms in total. The number of aryl methyl sites for hydroxylation is 1. The van der Waals surface area contributed by atoms with Gasteiger partial charge in [0.2, 0.25) is 0 Å². The summed E-state index contributed by atoms with van der Waals surface area (Å²) in [4.78, 5) is 8.87. The van der Waals surface area contributed by atoms with Crippen LogP contribution in [0.1, 0.15) is 18.3 Å². The smallest absolute Gasteiger partial charge is 0.139 e. The second-order valence-corrected chi connectivity index (χ2v) is 4.48. The Morgan fingerprint density at radius 2 is 1.90 bits per heavy atom. The van der Waals surface area contributed by atoms with Gasteiger partial charge in [-0.1, -0.05) is 6.07 Å². The quantitative estimate of drug-likeness (QED) is 0.874. The number of benzene rings is 1. The lowest BCUT2D eigenvalue weighted by Gasteiger charge is -2.14. The average molecular weight is 272 g/mol. The monoisotopic (exact) mass is 272 g/mol. The van der Waals surface area contributed by atoms with E-state index in [-0.39, 0.29) is 0 Å². The summed E-state index contributed by atoms with van der Waals surface area (Å²) in [5, 5.41) is 6.56. The van der Waals surface area contributed by atoms with Crippen molar-refractivity contribution in [3.05, 3.63) is 35.7 Å². The standard InChI is InChI=1S/C15H20N4O/c1-5-16-14-10(2)15(18-11(3)17-14)19-12-7-6-8-13(9-12)20-4/h6-9H,5H2,1-4H3,(H2,16,17,18,19). The van der Waals surface area contributed by atoms with E-state index in [0.717, 1.165) is 41.0 Å². The maximum absolute atomic E-state index is 5.22. The van der Waals surface area contributed by atoms with E-state index in [1.807, 2.05) is 45.0 Å². The van der Waals surface area contributed by atoms with Gasteiger partial charge in [-0.25, -0.2) is 9.97 Å². The van der Waals surface area contributed by atoms with Gasteiger partial charge in [0.25, 0.3) is 0 Å². The summed E-state index contributed by atoms with van der Waals surface area (Å²) in [7, 11) is 1.66. The molecule has 2 N–H and O–H groups in total. The number of rotatable bonds is 5. The number of hydrogen-bond acceptors (Lipinski definition) is 5. The number of ether oxygens (including phenoxy) is 1. The highest BCUT2D eigenvalue weighted by Crippen LogP contribution is 2.25. The lowest BCUT2D eigenvalue weighted by atomic mass is 10.2. The van der Waals surface area contributed by atoms with Crippen LogP contribution in [0, 0.1) is 13.8 Å². The minimum Gasteiger partial charge on any atom is -0.497 e. The average Bonchev–Trinajstić information content (AvgIpc) is 2.44. The number of methoxy groups -OCH3 is 1. The molecule has 106 valence electrons. The fraction of sp³-hybridized carbons (Fsp3) is 0.333. The van der Waals surface area contributed by atoms with Crippen LogP contribution < -0.4 is 15.4 Å². The van der Waals surface area contributed by atoms with Crippen LogP contribution >= 0.6 is 0 Å². The van der Waals surface area contributed by atoms with Crippen molar-refractivity contribution in [1.82, 2.24) is 9.97 Å². The minimum absolute atomic E-state index is 0.733. The van der Waals surface area contributed by atoms with E-state index in [1.165, 1.54) is 0 Å². The summed E-state index contributed by atoms with van der Waals surface area (Å²) in [5.74, 6) is 3.22. The van der Waals surface area contributed by atoms with Crippen molar-refractivity contribution < 1.29 is 4.74 Å². The molecule has 0 aliphatic heterocycles. The normalized spacial score (nSPS) is 10.2. The van der Waals surface area contributed by atoms with Gasteiger partial charge in [-0.2, -0.15) is 0 Å². The van der Waals surface area contributed by atoms with Crippen molar-refractivity contribution in [2.45, 2.75) is 20.8 Å². The Kier molecular flexibility index (Phi) is 4.40. The summed E-state index contributed by atoms with van der Waals surface area (Å²) in [6, 6.07) is 7.76. The first-order valence-corrected chi connectivity index (χ1v) is 6.64. The maximum atomic E-state index is 5.22. The molecular formula is C15H20N4O. The summed E-state index contributed by atoms with van der Waals surface area (Å²) in [5.41, 5.74) is 1.94. The van der Waals surface area contributed by atoms with Crippen molar-refractivity contribution >= 4 is 17.3 Å². The van der Waals surface area contributed by atoms with E-state index in [0.29, 0.717) is 0 Å². The lowest BCUT2D eigenvalue weighted by molar-refractivity contribution is 0.415. The molecule has 20 heavy (non-hydrogen) atoms. The largest absolute Gasteiger partial charge is 0.497 e. The summed E-state index contributed by atoms with van der Waals surface area (Å²) < 4.78 is 5.22. The van der Waals surface area contributed by atoms with Crippen LogP contribution in [0.15, 0.2) is 24.3 Å². The van der Waals surface area contributed by atoms with Crippen LogP contribution in [-0.2, 0) is 0 Å². The van der Waals surface area contributed by atoms with Crippen molar-refractivity contribution in [1.29, 1.82) is 0 Å². The van der Waals surface area contributed by atoms with Gasteiger partial charge in [0.15, 0.2) is 0 Å². The fourth-order valence-corrected chi connectivity index (χ4v) is 1.93. The van der Waals surface area contributed by atoms with Crippen molar-refractivity contribution in [3.8, 4) is 5.75 Å². The molecule has 1 aromatic carbocycles. The summed E-state index contributed by atoms with van der Waals surface area (Å²) in [6.07, 6.45) is 0. The maximum Gasteiger partial charge on any atom is 0.139 e. The minimum atomic E-state index is 0.733. The van der Waals surface area contributed by atoms with E-state index < -0.39 is 0 Å². The first-order valence-electron chi connectivity index (χ1n) is 6.64. The highest BCUT2D eigenvalue weighted by molar-refractivity contribution is 5.65. The Labute approximate surface area is 119 Å². The lowest BCUT2D eigenvalue weighted by Crippen LogP contribution is -2.07. The Hall–Kier alpha value is -2.30. The molecule has 0 spiro atoms. The molecule has 0 saturated carbocycles. The van der Waals surface area contributed by atoms with Crippen molar-refractivity contribution in [3.63, 3.8) is 0 Å². The molecule has 0 radical (unpaired) electrons. The Balaban J connectivity index is 2.32. The third-order valence-corrected chi connectivity index (χ3v) is 2.93. The van der Waals surface area contributed by atoms with Gasteiger partial charge in [0.1, 0.15) is 23.2 Å². The molecule has 0 fully saturated rings. The summed E-state index contributed by atoms with van der Waals surface area (Å²) >= 11 is 0. The van der Waals surface area contributed by atoms with Gasteiger partial charge in [-0.15, -0.1) is 0 Å². The van der Waals surface area contributed by atoms with Gasteiger partial charge < -0.3 is 15.4 Å². The fourth-order valence-electron chi connectivity index (χ4n) is 1.93. The molecule has 0 saturated heterocycles. The zero-order chi connectivity index (χ0) is 14.5. The van der Waals surface area contributed by atoms with Crippen molar-refractivity contribution in [2.24, 2.45) is 0 Å². The van der Waals surface area contributed by atoms with Crippen LogP contribution in [0.25, 0.3) is 0 Å². The number of aromatic nitrogens is 2. The third kappa shape index (κ3) is 3.17. The van der Waals surface area contributed by atoms with Gasteiger partial charge in [0.05, 0.1) is 7.11 Å². The molecule has 1 aromatic heterocycles. The molecule has 0 bridgehead atoms.